The summed E-state index contributed by atoms with van der Waals surface area (Å²) in [5.74, 6) is -0.664. The first-order valence-corrected chi connectivity index (χ1v) is 17.2. The van der Waals surface area contributed by atoms with Crippen molar-refractivity contribution in [2.24, 2.45) is 5.92 Å². The predicted molar refractivity (Wildman–Crippen MR) is 185 cm³/mol. The van der Waals surface area contributed by atoms with Gasteiger partial charge < -0.3 is 10.2 Å². The van der Waals surface area contributed by atoms with E-state index in [1.54, 1.807) is 54.6 Å². The van der Waals surface area contributed by atoms with Crippen LogP contribution >= 0.6 is 11.6 Å². The van der Waals surface area contributed by atoms with Crippen molar-refractivity contribution >= 4 is 39.1 Å². The zero-order valence-corrected chi connectivity index (χ0v) is 28.6. The number of rotatable bonds is 13. The number of nitrogens with zero attached hydrogens (tertiary/aromatic N) is 2. The third kappa shape index (κ3) is 8.56. The lowest BCUT2D eigenvalue weighted by atomic mass is 10.0. The van der Waals surface area contributed by atoms with Gasteiger partial charge in [-0.15, -0.1) is 0 Å². The molecular formula is C37H42ClN3O4S. The average molecular weight is 660 g/mol. The summed E-state index contributed by atoms with van der Waals surface area (Å²) < 4.78 is 29.8. The summed E-state index contributed by atoms with van der Waals surface area (Å²) in [6, 6.07) is 27.6. The summed E-state index contributed by atoms with van der Waals surface area (Å²) in [6.45, 7) is 9.53. The van der Waals surface area contributed by atoms with Crippen molar-refractivity contribution in [3.63, 3.8) is 0 Å². The molecule has 4 rings (SSSR count). The van der Waals surface area contributed by atoms with Crippen molar-refractivity contribution in [1.29, 1.82) is 0 Å². The van der Waals surface area contributed by atoms with Crippen molar-refractivity contribution in [3.8, 4) is 0 Å². The lowest BCUT2D eigenvalue weighted by molar-refractivity contribution is -0.140. The number of benzene rings is 4. The molecule has 1 atom stereocenters. The minimum atomic E-state index is -4.19. The fourth-order valence-electron chi connectivity index (χ4n) is 5.14. The molecule has 0 fully saturated rings. The van der Waals surface area contributed by atoms with Gasteiger partial charge in [0.2, 0.25) is 11.8 Å². The van der Waals surface area contributed by atoms with Crippen LogP contribution in [0.4, 0.5) is 5.69 Å². The zero-order valence-electron chi connectivity index (χ0n) is 27.0. The Hall–Kier alpha value is -4.14. The molecule has 7 nitrogen and oxygen atoms in total. The zero-order chi connectivity index (χ0) is 33.4. The van der Waals surface area contributed by atoms with Gasteiger partial charge >= 0.3 is 0 Å². The maximum atomic E-state index is 14.6. The molecule has 4 aromatic rings. The van der Waals surface area contributed by atoms with Crippen molar-refractivity contribution in [2.75, 3.05) is 17.4 Å². The first-order chi connectivity index (χ1) is 21.9. The van der Waals surface area contributed by atoms with Crippen molar-refractivity contribution in [2.45, 2.75) is 58.5 Å². The van der Waals surface area contributed by atoms with Crippen LogP contribution < -0.4 is 9.62 Å². The van der Waals surface area contributed by atoms with E-state index in [1.807, 2.05) is 77.1 Å². The summed E-state index contributed by atoms with van der Waals surface area (Å²) in [4.78, 5) is 30.1. The van der Waals surface area contributed by atoms with Gasteiger partial charge in [-0.25, -0.2) is 8.42 Å². The van der Waals surface area contributed by atoms with Crippen molar-refractivity contribution < 1.29 is 18.0 Å². The highest BCUT2D eigenvalue weighted by Gasteiger charge is 2.35. The Bertz CT molecular complexity index is 1760. The van der Waals surface area contributed by atoms with Gasteiger partial charge in [0.25, 0.3) is 10.0 Å². The molecule has 242 valence electrons. The molecule has 0 bridgehead atoms. The molecular weight excluding hydrogens is 618 g/mol. The van der Waals surface area contributed by atoms with Gasteiger partial charge in [-0.2, -0.15) is 0 Å². The molecule has 9 heteroatoms. The number of hydrogen-bond acceptors (Lipinski definition) is 4. The topological polar surface area (TPSA) is 86.8 Å². The largest absolute Gasteiger partial charge is 0.354 e. The van der Waals surface area contributed by atoms with Gasteiger partial charge in [-0.3, -0.25) is 13.9 Å². The molecule has 0 aliphatic carbocycles. The van der Waals surface area contributed by atoms with E-state index < -0.39 is 28.5 Å². The molecule has 2 amide bonds. The van der Waals surface area contributed by atoms with Crippen molar-refractivity contribution in [3.05, 3.63) is 130 Å². The molecule has 0 heterocycles. The summed E-state index contributed by atoms with van der Waals surface area (Å²) in [5, 5.41) is 3.45. The van der Waals surface area contributed by atoms with Crippen LogP contribution in [0.15, 0.2) is 102 Å². The SMILES string of the molecule is Cc1ccc(S(=O)(=O)N(CC(=O)N(Cc2ccccc2Cl)[C@@H](Cc2ccccc2)C(=O)NCC(C)C)c2cccc(C)c2C)cc1. The van der Waals surface area contributed by atoms with Gasteiger partial charge in [0.1, 0.15) is 12.6 Å². The van der Waals surface area contributed by atoms with E-state index in [1.165, 1.54) is 4.90 Å². The van der Waals surface area contributed by atoms with Crippen LogP contribution in [0, 0.1) is 26.7 Å². The number of carbonyl (C=O) groups excluding carboxylic acids is 2. The lowest BCUT2D eigenvalue weighted by Gasteiger charge is -2.34. The number of sulfonamides is 1. The van der Waals surface area contributed by atoms with Gasteiger partial charge in [-0.1, -0.05) is 104 Å². The number of halogens is 1. The van der Waals surface area contributed by atoms with Crippen LogP contribution in [0.1, 0.15) is 41.7 Å². The highest BCUT2D eigenvalue weighted by molar-refractivity contribution is 7.92. The standard InChI is InChI=1S/C37H42ClN3O4S/c1-26(2)23-39-37(43)35(22-30-13-7-6-8-14-30)40(24-31-15-9-10-16-33(31)38)36(42)25-41(34-17-11-12-28(4)29(34)5)46(44,45)32-20-18-27(3)19-21-32/h6-21,26,35H,22-25H2,1-5H3,(H,39,43)/t35-/m0/s1. The summed E-state index contributed by atoms with van der Waals surface area (Å²) >= 11 is 6.58. The van der Waals surface area contributed by atoms with E-state index in [4.69, 9.17) is 11.6 Å². The minimum absolute atomic E-state index is 0.0102. The quantitative estimate of drug-likeness (QED) is 0.170. The molecule has 0 aliphatic heterocycles. The number of nitrogens with one attached hydrogen (secondary N) is 1. The fourth-order valence-corrected chi connectivity index (χ4v) is 6.81. The number of amides is 2. The predicted octanol–water partition coefficient (Wildman–Crippen LogP) is 6.87. The second-order valence-electron chi connectivity index (χ2n) is 12.0. The first kappa shape index (κ1) is 34.7. The smallest absolute Gasteiger partial charge is 0.264 e. The Labute approximate surface area is 278 Å². The Morgan fingerprint density at radius 3 is 2.13 bits per heavy atom. The van der Waals surface area contributed by atoms with Crippen LogP contribution in [-0.4, -0.2) is 44.3 Å². The molecule has 0 unspecified atom stereocenters. The van der Waals surface area contributed by atoms with Crippen LogP contribution in [0.2, 0.25) is 5.02 Å². The average Bonchev–Trinajstić information content (AvgIpc) is 3.03. The molecule has 46 heavy (non-hydrogen) atoms. The third-order valence-electron chi connectivity index (χ3n) is 7.99. The van der Waals surface area contributed by atoms with E-state index in [0.717, 1.165) is 26.6 Å². The van der Waals surface area contributed by atoms with Gasteiger partial charge in [0.15, 0.2) is 0 Å². The maximum absolute atomic E-state index is 14.6. The van der Waals surface area contributed by atoms with E-state index in [0.29, 0.717) is 22.8 Å². The lowest BCUT2D eigenvalue weighted by Crippen LogP contribution is -2.53. The van der Waals surface area contributed by atoms with Crippen molar-refractivity contribution in [1.82, 2.24) is 10.2 Å². The number of aryl methyl sites for hydroxylation is 2. The maximum Gasteiger partial charge on any atom is 0.264 e. The van der Waals surface area contributed by atoms with Gasteiger partial charge in [0, 0.05) is 24.5 Å². The molecule has 0 saturated heterocycles. The molecule has 0 saturated carbocycles. The van der Waals surface area contributed by atoms with E-state index >= 15 is 0 Å². The molecule has 0 aromatic heterocycles. The van der Waals surface area contributed by atoms with Crippen LogP contribution in [-0.2, 0) is 32.6 Å². The fraction of sp³-hybridized carbons (Fsp3) is 0.297. The third-order valence-corrected chi connectivity index (χ3v) is 10.1. The second kappa shape index (κ2) is 15.4. The summed E-state index contributed by atoms with van der Waals surface area (Å²) in [7, 11) is -4.19. The number of hydrogen-bond donors (Lipinski definition) is 1. The molecule has 4 aromatic carbocycles. The Kier molecular flexibility index (Phi) is 11.7. The van der Waals surface area contributed by atoms with Gasteiger partial charge in [0.05, 0.1) is 10.6 Å². The van der Waals surface area contributed by atoms with Crippen LogP contribution in [0.25, 0.3) is 0 Å². The molecule has 0 spiro atoms. The Morgan fingerprint density at radius 1 is 0.826 bits per heavy atom. The van der Waals surface area contributed by atoms with E-state index in [-0.39, 0.29) is 29.7 Å². The van der Waals surface area contributed by atoms with Gasteiger partial charge in [-0.05, 0) is 73.2 Å². The van der Waals surface area contributed by atoms with Crippen LogP contribution in [0.3, 0.4) is 0 Å². The van der Waals surface area contributed by atoms with E-state index in [9.17, 15) is 18.0 Å². The highest BCUT2D eigenvalue weighted by atomic mass is 35.5. The summed E-state index contributed by atoms with van der Waals surface area (Å²) in [6.07, 6.45) is 0.231. The Morgan fingerprint density at radius 2 is 1.48 bits per heavy atom. The minimum Gasteiger partial charge on any atom is -0.354 e. The van der Waals surface area contributed by atoms with Crippen LogP contribution in [0.5, 0.6) is 0 Å². The molecule has 0 aliphatic rings. The number of carbonyl (C=O) groups is 2. The molecule has 1 N–H and O–H groups in total. The number of anilines is 1. The molecule has 0 radical (unpaired) electrons. The second-order valence-corrected chi connectivity index (χ2v) is 14.3. The highest BCUT2D eigenvalue weighted by Crippen LogP contribution is 2.30. The monoisotopic (exact) mass is 659 g/mol. The first-order valence-electron chi connectivity index (χ1n) is 15.4. The normalized spacial score (nSPS) is 12.1. The Balaban J connectivity index is 1.84. The summed E-state index contributed by atoms with van der Waals surface area (Å²) in [5.41, 5.74) is 4.44. The van der Waals surface area contributed by atoms with E-state index in [2.05, 4.69) is 5.32 Å².